The number of amides is 1. The zero-order valence-electron chi connectivity index (χ0n) is 12.9. The van der Waals surface area contributed by atoms with Crippen LogP contribution in [-0.2, 0) is 24.1 Å². The molecule has 0 aliphatic carbocycles. The highest BCUT2D eigenvalue weighted by atomic mass is 32.2. The van der Waals surface area contributed by atoms with Gasteiger partial charge in [0.05, 0.1) is 17.5 Å². The molecule has 2 heterocycles. The summed E-state index contributed by atoms with van der Waals surface area (Å²) in [4.78, 5) is 14.2. The average molecular weight is 319 g/mol. The molecule has 0 aromatic carbocycles. The lowest BCUT2D eigenvalue weighted by Gasteiger charge is -2.37. The summed E-state index contributed by atoms with van der Waals surface area (Å²) in [7, 11) is -3.46. The lowest BCUT2D eigenvalue weighted by molar-refractivity contribution is -0.142. The maximum atomic E-state index is 12.6. The fourth-order valence-electron chi connectivity index (χ4n) is 3.05. The van der Waals surface area contributed by atoms with Gasteiger partial charge in [-0.3, -0.25) is 4.79 Å². The quantitative estimate of drug-likeness (QED) is 0.762. The molecule has 122 valence electrons. The number of hydrogen-bond acceptors (Lipinski definition) is 5. The van der Waals surface area contributed by atoms with Gasteiger partial charge >= 0.3 is 0 Å². The Morgan fingerprint density at radius 3 is 2.19 bits per heavy atom. The Morgan fingerprint density at radius 2 is 1.67 bits per heavy atom. The second kappa shape index (κ2) is 6.62. The number of nitrogens with zero attached hydrogens (tertiary/aromatic N) is 1. The van der Waals surface area contributed by atoms with Gasteiger partial charge in [0, 0.05) is 26.3 Å². The minimum Gasteiger partial charge on any atom is -0.381 e. The Labute approximate surface area is 126 Å². The number of ether oxygens (including phenoxy) is 2. The number of sulfone groups is 1. The molecule has 3 atom stereocenters. The summed E-state index contributed by atoms with van der Waals surface area (Å²) in [5.41, 5.74) is 0. The molecule has 0 aromatic rings. The van der Waals surface area contributed by atoms with Crippen molar-refractivity contribution >= 4 is 15.7 Å². The molecular formula is C14H25NO5S. The fourth-order valence-corrected chi connectivity index (χ4v) is 4.91. The minimum atomic E-state index is -3.46. The molecule has 2 aliphatic rings. The molecule has 2 rings (SSSR count). The molecule has 0 bridgehead atoms. The lowest BCUT2D eigenvalue weighted by atomic mass is 10.2. The van der Waals surface area contributed by atoms with Crippen LogP contribution in [0.25, 0.3) is 0 Å². The molecule has 2 saturated heterocycles. The molecule has 21 heavy (non-hydrogen) atoms. The topological polar surface area (TPSA) is 72.9 Å². The summed E-state index contributed by atoms with van der Waals surface area (Å²) in [6, 6.07) is 0. The zero-order chi connectivity index (χ0) is 15.6. The van der Waals surface area contributed by atoms with E-state index >= 15 is 0 Å². The molecule has 6 nitrogen and oxygen atoms in total. The third-order valence-corrected chi connectivity index (χ3v) is 6.79. The molecule has 0 radical (unpaired) electrons. The second-order valence-corrected chi connectivity index (χ2v) is 8.60. The third-order valence-electron chi connectivity index (χ3n) is 4.20. The highest BCUT2D eigenvalue weighted by Crippen LogP contribution is 2.22. The molecule has 0 aromatic heterocycles. The van der Waals surface area contributed by atoms with E-state index in [9.17, 15) is 13.2 Å². The largest absolute Gasteiger partial charge is 0.381 e. The van der Waals surface area contributed by atoms with Crippen LogP contribution in [0.4, 0.5) is 0 Å². The fraction of sp³-hybridized carbons (Fsp3) is 0.929. The van der Waals surface area contributed by atoms with E-state index in [0.29, 0.717) is 39.1 Å². The highest BCUT2D eigenvalue weighted by molar-refractivity contribution is 7.93. The van der Waals surface area contributed by atoms with Crippen LogP contribution in [-0.4, -0.2) is 68.2 Å². The van der Waals surface area contributed by atoms with Crippen LogP contribution >= 0.6 is 0 Å². The van der Waals surface area contributed by atoms with E-state index in [4.69, 9.17) is 9.47 Å². The van der Waals surface area contributed by atoms with Crippen LogP contribution in [0.2, 0.25) is 0 Å². The Kier molecular flexibility index (Phi) is 5.27. The SMILES string of the molecule is CC(C(=O)N1C[C@@H](C)O[C@@H](C)C1)S(=O)(=O)C1CCOCC1. The molecule has 0 spiro atoms. The van der Waals surface area contributed by atoms with Gasteiger partial charge in [-0.15, -0.1) is 0 Å². The lowest BCUT2D eigenvalue weighted by Crippen LogP contribution is -2.53. The maximum Gasteiger partial charge on any atom is 0.240 e. The number of rotatable bonds is 3. The van der Waals surface area contributed by atoms with Crippen molar-refractivity contribution in [3.05, 3.63) is 0 Å². The maximum absolute atomic E-state index is 12.6. The predicted molar refractivity (Wildman–Crippen MR) is 78.8 cm³/mol. The summed E-state index contributed by atoms with van der Waals surface area (Å²) in [5, 5.41) is -1.45. The first-order valence-electron chi connectivity index (χ1n) is 7.57. The van der Waals surface area contributed by atoms with E-state index in [0.717, 1.165) is 0 Å². The Bertz CT molecular complexity index is 462. The van der Waals surface area contributed by atoms with Crippen molar-refractivity contribution in [1.29, 1.82) is 0 Å². The van der Waals surface area contributed by atoms with Crippen molar-refractivity contribution in [2.75, 3.05) is 26.3 Å². The molecule has 1 amide bonds. The monoisotopic (exact) mass is 319 g/mol. The van der Waals surface area contributed by atoms with Crippen LogP contribution < -0.4 is 0 Å². The number of carbonyl (C=O) groups is 1. The number of hydrogen-bond donors (Lipinski definition) is 0. The highest BCUT2D eigenvalue weighted by Gasteiger charge is 2.39. The van der Waals surface area contributed by atoms with Crippen molar-refractivity contribution in [3.8, 4) is 0 Å². The van der Waals surface area contributed by atoms with Crippen molar-refractivity contribution in [2.45, 2.75) is 56.3 Å². The number of carbonyl (C=O) groups excluding carboxylic acids is 1. The molecule has 0 saturated carbocycles. The average Bonchev–Trinajstić information content (AvgIpc) is 2.45. The van der Waals surface area contributed by atoms with Gasteiger partial charge < -0.3 is 14.4 Å². The van der Waals surface area contributed by atoms with E-state index in [-0.39, 0.29) is 18.1 Å². The summed E-state index contributed by atoms with van der Waals surface area (Å²) in [5.74, 6) is -0.302. The Morgan fingerprint density at radius 1 is 1.14 bits per heavy atom. The molecule has 2 aliphatic heterocycles. The van der Waals surface area contributed by atoms with Gasteiger partial charge in [-0.25, -0.2) is 8.42 Å². The van der Waals surface area contributed by atoms with E-state index in [1.807, 2.05) is 13.8 Å². The van der Waals surface area contributed by atoms with E-state index in [2.05, 4.69) is 0 Å². The van der Waals surface area contributed by atoms with Gasteiger partial charge in [0.25, 0.3) is 0 Å². The van der Waals surface area contributed by atoms with Crippen molar-refractivity contribution < 1.29 is 22.7 Å². The van der Waals surface area contributed by atoms with Gasteiger partial charge in [0.2, 0.25) is 5.91 Å². The van der Waals surface area contributed by atoms with Crippen LogP contribution in [0.3, 0.4) is 0 Å². The normalized spacial score (nSPS) is 30.1. The molecule has 2 fully saturated rings. The summed E-state index contributed by atoms with van der Waals surface area (Å²) in [6.07, 6.45) is 0.845. The predicted octanol–water partition coefficient (Wildman–Crippen LogP) is 0.605. The molecule has 7 heteroatoms. The van der Waals surface area contributed by atoms with Gasteiger partial charge in [-0.2, -0.15) is 0 Å². The Hall–Kier alpha value is -0.660. The third kappa shape index (κ3) is 3.76. The molecule has 0 N–H and O–H groups in total. The second-order valence-electron chi connectivity index (χ2n) is 6.04. The number of morpholine rings is 1. The smallest absolute Gasteiger partial charge is 0.240 e. The summed E-state index contributed by atoms with van der Waals surface area (Å²) in [6.45, 7) is 7.12. The van der Waals surface area contributed by atoms with E-state index in [1.165, 1.54) is 6.92 Å². The van der Waals surface area contributed by atoms with Crippen LogP contribution in [0, 0.1) is 0 Å². The minimum absolute atomic E-state index is 0.0596. The van der Waals surface area contributed by atoms with Crippen molar-refractivity contribution in [1.82, 2.24) is 4.90 Å². The van der Waals surface area contributed by atoms with Crippen molar-refractivity contribution in [3.63, 3.8) is 0 Å². The van der Waals surface area contributed by atoms with Crippen LogP contribution in [0.1, 0.15) is 33.6 Å². The van der Waals surface area contributed by atoms with Crippen molar-refractivity contribution in [2.24, 2.45) is 0 Å². The van der Waals surface area contributed by atoms with Gasteiger partial charge in [-0.05, 0) is 33.6 Å². The van der Waals surface area contributed by atoms with Gasteiger partial charge in [0.15, 0.2) is 9.84 Å². The van der Waals surface area contributed by atoms with E-state index < -0.39 is 20.3 Å². The zero-order valence-corrected chi connectivity index (χ0v) is 13.8. The Balaban J connectivity index is 2.07. The first kappa shape index (κ1) is 16.7. The van der Waals surface area contributed by atoms with Crippen LogP contribution in [0.5, 0.6) is 0 Å². The summed E-state index contributed by atoms with van der Waals surface area (Å²) < 4.78 is 36.0. The molecule has 1 unspecified atom stereocenters. The van der Waals surface area contributed by atoms with E-state index in [1.54, 1.807) is 4.90 Å². The van der Waals surface area contributed by atoms with Crippen LogP contribution in [0.15, 0.2) is 0 Å². The summed E-state index contributed by atoms with van der Waals surface area (Å²) >= 11 is 0. The standard InChI is InChI=1S/C14H25NO5S/c1-10-8-15(9-11(2)20-10)14(16)12(3)21(17,18)13-4-6-19-7-5-13/h10-13H,4-9H2,1-3H3/t10-,11+,12?. The first-order valence-corrected chi connectivity index (χ1v) is 9.18. The first-order chi connectivity index (χ1) is 9.82. The van der Waals surface area contributed by atoms with Gasteiger partial charge in [0.1, 0.15) is 5.25 Å². The van der Waals surface area contributed by atoms with Gasteiger partial charge in [-0.1, -0.05) is 0 Å². The molecular weight excluding hydrogens is 294 g/mol.